The predicted molar refractivity (Wildman–Crippen MR) is 63.7 cm³/mol. The topological polar surface area (TPSA) is 0 Å². The number of hydrogen-bond acceptors (Lipinski definition) is 0. The minimum absolute atomic E-state index is 0.950. The molecule has 0 aliphatic carbocycles. The monoisotopic (exact) mass is 186 g/mol. The van der Waals surface area contributed by atoms with E-state index in [-0.39, 0.29) is 0 Å². The van der Waals surface area contributed by atoms with Gasteiger partial charge in [-0.25, -0.2) is 0 Å². The van der Waals surface area contributed by atoms with E-state index in [9.17, 15) is 0 Å². The Bertz CT molecular complexity index is 345. The predicted octanol–water partition coefficient (Wildman–Crippen LogP) is 3.76. The molecule has 0 aliphatic rings. The zero-order valence-corrected chi connectivity index (χ0v) is 9.14. The fourth-order valence-electron chi connectivity index (χ4n) is 1.86. The maximum atomic E-state index is 3.79. The molecule has 0 unspecified atom stereocenters. The lowest BCUT2D eigenvalue weighted by atomic mass is 9.94. The summed E-state index contributed by atoms with van der Waals surface area (Å²) < 4.78 is 0. The minimum Gasteiger partial charge on any atom is -0.103 e. The van der Waals surface area contributed by atoms with Crippen molar-refractivity contribution in [3.05, 3.63) is 59.7 Å². The second kappa shape index (κ2) is 4.80. The van der Waals surface area contributed by atoms with E-state index in [1.165, 1.54) is 22.3 Å². The van der Waals surface area contributed by atoms with Crippen LogP contribution in [0.2, 0.25) is 0 Å². The molecule has 0 N–H and O–H groups in total. The van der Waals surface area contributed by atoms with Gasteiger partial charge in [0.2, 0.25) is 0 Å². The van der Waals surface area contributed by atoms with Crippen LogP contribution in [-0.2, 0) is 12.8 Å². The second-order valence-electron chi connectivity index (χ2n) is 3.71. The average molecular weight is 186 g/mol. The molecule has 0 saturated carbocycles. The van der Waals surface area contributed by atoms with E-state index in [2.05, 4.69) is 39.1 Å². The quantitative estimate of drug-likeness (QED) is 0.628. The highest BCUT2D eigenvalue weighted by Gasteiger charge is 2.03. The molecule has 0 radical (unpaired) electrons. The van der Waals surface area contributed by atoms with E-state index in [0.717, 1.165) is 12.8 Å². The van der Waals surface area contributed by atoms with Crippen LogP contribution in [0, 0.1) is 13.8 Å². The van der Waals surface area contributed by atoms with E-state index in [4.69, 9.17) is 0 Å². The van der Waals surface area contributed by atoms with Gasteiger partial charge >= 0.3 is 0 Å². The van der Waals surface area contributed by atoms with Gasteiger partial charge in [0.1, 0.15) is 0 Å². The van der Waals surface area contributed by atoms with Gasteiger partial charge in [0, 0.05) is 0 Å². The molecule has 0 spiro atoms. The Morgan fingerprint density at radius 1 is 1.07 bits per heavy atom. The highest BCUT2D eigenvalue weighted by atomic mass is 14.1. The molecule has 0 fully saturated rings. The van der Waals surface area contributed by atoms with E-state index in [1.54, 1.807) is 0 Å². The summed E-state index contributed by atoms with van der Waals surface area (Å²) in [6.45, 7) is 11.9. The molecule has 0 amide bonds. The highest BCUT2D eigenvalue weighted by molar-refractivity contribution is 5.40. The van der Waals surface area contributed by atoms with Crippen molar-refractivity contribution in [1.29, 1.82) is 0 Å². The third kappa shape index (κ3) is 2.35. The molecule has 0 saturated heterocycles. The number of benzene rings is 1. The maximum absolute atomic E-state index is 3.79. The number of aryl methyl sites for hydroxylation is 2. The summed E-state index contributed by atoms with van der Waals surface area (Å²) >= 11 is 0. The SMILES string of the molecule is C=CCc1cc(C)cc(C)c1CC=C. The molecule has 14 heavy (non-hydrogen) atoms. The maximum Gasteiger partial charge on any atom is -0.00947 e. The fraction of sp³-hybridized carbons (Fsp3) is 0.286. The fourth-order valence-corrected chi connectivity index (χ4v) is 1.86. The number of hydrogen-bond donors (Lipinski definition) is 0. The minimum atomic E-state index is 0.950. The largest absolute Gasteiger partial charge is 0.103 e. The third-order valence-corrected chi connectivity index (χ3v) is 2.42. The number of rotatable bonds is 4. The lowest BCUT2D eigenvalue weighted by Gasteiger charge is -2.11. The van der Waals surface area contributed by atoms with E-state index in [0.29, 0.717) is 0 Å². The Balaban J connectivity index is 3.20. The van der Waals surface area contributed by atoms with Crippen molar-refractivity contribution < 1.29 is 0 Å². The first-order chi connectivity index (χ1) is 6.69. The van der Waals surface area contributed by atoms with Gasteiger partial charge in [-0.1, -0.05) is 29.8 Å². The zero-order chi connectivity index (χ0) is 10.6. The molecule has 0 heterocycles. The molecule has 0 aliphatic heterocycles. The van der Waals surface area contributed by atoms with Crippen LogP contribution in [0.1, 0.15) is 22.3 Å². The van der Waals surface area contributed by atoms with Crippen LogP contribution in [0.4, 0.5) is 0 Å². The molecule has 0 heteroatoms. The molecular formula is C14H18. The third-order valence-electron chi connectivity index (χ3n) is 2.42. The van der Waals surface area contributed by atoms with Crippen LogP contribution in [-0.4, -0.2) is 0 Å². The molecule has 0 atom stereocenters. The Labute approximate surface area is 87.0 Å². The van der Waals surface area contributed by atoms with Crippen molar-refractivity contribution in [2.75, 3.05) is 0 Å². The van der Waals surface area contributed by atoms with Gasteiger partial charge < -0.3 is 0 Å². The van der Waals surface area contributed by atoms with Crippen LogP contribution in [0.25, 0.3) is 0 Å². The van der Waals surface area contributed by atoms with Gasteiger partial charge in [0.25, 0.3) is 0 Å². The van der Waals surface area contributed by atoms with Gasteiger partial charge in [0.15, 0.2) is 0 Å². The molecule has 1 rings (SSSR count). The smallest absolute Gasteiger partial charge is 0.00947 e. The average Bonchev–Trinajstić information content (AvgIpc) is 2.11. The van der Waals surface area contributed by atoms with Crippen molar-refractivity contribution >= 4 is 0 Å². The molecule has 0 bridgehead atoms. The first-order valence-corrected chi connectivity index (χ1v) is 4.99. The van der Waals surface area contributed by atoms with Crippen molar-refractivity contribution in [2.45, 2.75) is 26.7 Å². The number of allylic oxidation sites excluding steroid dienone is 2. The van der Waals surface area contributed by atoms with Crippen molar-refractivity contribution in [1.82, 2.24) is 0 Å². The summed E-state index contributed by atoms with van der Waals surface area (Å²) in [5.41, 5.74) is 5.48. The van der Waals surface area contributed by atoms with Gasteiger partial charge in [-0.3, -0.25) is 0 Å². The molecule has 0 nitrogen and oxygen atoms in total. The Morgan fingerprint density at radius 2 is 1.71 bits per heavy atom. The van der Waals surface area contributed by atoms with E-state index >= 15 is 0 Å². The molecule has 0 aromatic heterocycles. The van der Waals surface area contributed by atoms with Gasteiger partial charge in [-0.15, -0.1) is 13.2 Å². The standard InChI is InChI=1S/C14H18/c1-5-7-13-10-11(3)9-12(4)14(13)8-6-2/h5-6,9-10H,1-2,7-8H2,3-4H3. The van der Waals surface area contributed by atoms with Crippen LogP contribution < -0.4 is 0 Å². The Morgan fingerprint density at radius 3 is 2.29 bits per heavy atom. The second-order valence-corrected chi connectivity index (χ2v) is 3.71. The summed E-state index contributed by atoms with van der Waals surface area (Å²) in [4.78, 5) is 0. The molecule has 1 aromatic carbocycles. The lowest BCUT2D eigenvalue weighted by Crippen LogP contribution is -1.96. The summed E-state index contributed by atoms with van der Waals surface area (Å²) in [5.74, 6) is 0. The van der Waals surface area contributed by atoms with Crippen LogP contribution in [0.5, 0.6) is 0 Å². The van der Waals surface area contributed by atoms with E-state index in [1.807, 2.05) is 12.2 Å². The molecule has 1 aromatic rings. The first-order valence-electron chi connectivity index (χ1n) is 4.99. The Hall–Kier alpha value is -1.30. The Kier molecular flexibility index (Phi) is 3.70. The van der Waals surface area contributed by atoms with Crippen molar-refractivity contribution in [3.8, 4) is 0 Å². The first kappa shape index (κ1) is 10.8. The highest BCUT2D eigenvalue weighted by Crippen LogP contribution is 2.18. The molecule has 74 valence electrons. The lowest BCUT2D eigenvalue weighted by molar-refractivity contribution is 1.11. The molecular weight excluding hydrogens is 168 g/mol. The van der Waals surface area contributed by atoms with Crippen LogP contribution in [0.15, 0.2) is 37.4 Å². The van der Waals surface area contributed by atoms with E-state index < -0.39 is 0 Å². The zero-order valence-electron chi connectivity index (χ0n) is 9.14. The van der Waals surface area contributed by atoms with Gasteiger partial charge in [0.05, 0.1) is 0 Å². The van der Waals surface area contributed by atoms with Crippen LogP contribution >= 0.6 is 0 Å². The van der Waals surface area contributed by atoms with Gasteiger partial charge in [-0.2, -0.15) is 0 Å². The summed E-state index contributed by atoms with van der Waals surface area (Å²) in [7, 11) is 0. The normalized spacial score (nSPS) is 9.86. The van der Waals surface area contributed by atoms with Crippen LogP contribution in [0.3, 0.4) is 0 Å². The summed E-state index contributed by atoms with van der Waals surface area (Å²) in [6.07, 6.45) is 5.83. The van der Waals surface area contributed by atoms with Crippen molar-refractivity contribution in [2.24, 2.45) is 0 Å². The van der Waals surface area contributed by atoms with Gasteiger partial charge in [-0.05, 0) is 43.4 Å². The summed E-state index contributed by atoms with van der Waals surface area (Å²) in [5, 5.41) is 0. The van der Waals surface area contributed by atoms with Crippen molar-refractivity contribution in [3.63, 3.8) is 0 Å². The summed E-state index contributed by atoms with van der Waals surface area (Å²) in [6, 6.07) is 4.47.